The lowest BCUT2D eigenvalue weighted by Crippen LogP contribution is -2.15. The third kappa shape index (κ3) is 5.38. The molecular formula is C21H17N5O5S. The second-order valence-electron chi connectivity index (χ2n) is 6.38. The fourth-order valence-electron chi connectivity index (χ4n) is 2.63. The summed E-state index contributed by atoms with van der Waals surface area (Å²) in [5, 5.41) is 24.0. The largest absolute Gasteiger partial charge is 0.497 e. The summed E-state index contributed by atoms with van der Waals surface area (Å²) in [4.78, 5) is 10.1. The predicted octanol–water partition coefficient (Wildman–Crippen LogP) is 3.72. The van der Waals surface area contributed by atoms with E-state index in [-0.39, 0.29) is 22.0 Å². The number of methoxy groups -OCH3 is 1. The molecule has 162 valence electrons. The molecule has 32 heavy (non-hydrogen) atoms. The van der Waals surface area contributed by atoms with Crippen LogP contribution in [-0.2, 0) is 10.0 Å². The van der Waals surface area contributed by atoms with Gasteiger partial charge in [-0.2, -0.15) is 10.4 Å². The van der Waals surface area contributed by atoms with E-state index in [2.05, 4.69) is 15.2 Å². The van der Waals surface area contributed by atoms with Crippen LogP contribution in [0.15, 0.2) is 76.7 Å². The zero-order chi connectivity index (χ0) is 23.1. The number of anilines is 2. The van der Waals surface area contributed by atoms with Crippen LogP contribution < -0.4 is 14.9 Å². The number of nitriles is 1. The molecule has 0 atom stereocenters. The number of ether oxygens (including phenoxy) is 1. The van der Waals surface area contributed by atoms with Crippen molar-refractivity contribution in [3.05, 3.63) is 88.0 Å². The van der Waals surface area contributed by atoms with Gasteiger partial charge in [-0.1, -0.05) is 12.1 Å². The molecule has 3 aromatic carbocycles. The summed E-state index contributed by atoms with van der Waals surface area (Å²) >= 11 is 0. The minimum atomic E-state index is -4.19. The van der Waals surface area contributed by atoms with Gasteiger partial charge in [-0.15, -0.1) is 0 Å². The molecule has 0 radical (unpaired) electrons. The van der Waals surface area contributed by atoms with Crippen molar-refractivity contribution in [2.24, 2.45) is 5.10 Å². The first-order chi connectivity index (χ1) is 15.3. The predicted molar refractivity (Wildman–Crippen MR) is 119 cm³/mol. The van der Waals surface area contributed by atoms with Gasteiger partial charge in [-0.25, -0.2) is 8.42 Å². The molecule has 0 aliphatic heterocycles. The van der Waals surface area contributed by atoms with Crippen LogP contribution in [0.3, 0.4) is 0 Å². The molecule has 0 unspecified atom stereocenters. The smallest absolute Gasteiger partial charge is 0.270 e. The number of hydrazone groups is 1. The lowest BCUT2D eigenvalue weighted by atomic mass is 10.2. The van der Waals surface area contributed by atoms with Gasteiger partial charge < -0.3 is 4.74 Å². The number of nitro groups is 1. The number of nitrogens with zero attached hydrogens (tertiary/aromatic N) is 3. The average Bonchev–Trinajstić information content (AvgIpc) is 2.79. The topological polar surface area (TPSA) is 147 Å². The Bertz CT molecular complexity index is 1300. The Morgan fingerprint density at radius 1 is 1.09 bits per heavy atom. The van der Waals surface area contributed by atoms with Gasteiger partial charge >= 0.3 is 0 Å². The summed E-state index contributed by atoms with van der Waals surface area (Å²) in [5.41, 5.74) is 3.67. The molecule has 0 bridgehead atoms. The number of benzene rings is 3. The number of non-ortho nitro benzene ring substituents is 1. The standard InChI is InChI=1S/C21H17N5O5S/c1-31-19-9-6-17(7-10-19)25-32(29,30)21-12-18(26(27)28)8-11-20(21)24-23-14-16-4-2-15(13-22)3-5-16/h2-12,14,24-25H,1H3/b23-14+. The SMILES string of the molecule is COc1ccc(NS(=O)(=O)c2cc([N+](=O)[O-])ccc2N/N=C/c2ccc(C#N)cc2)cc1. The maximum absolute atomic E-state index is 13.0. The molecule has 0 amide bonds. The Kier molecular flexibility index (Phi) is 6.67. The number of nitrogens with one attached hydrogen (secondary N) is 2. The molecule has 0 aliphatic rings. The van der Waals surface area contributed by atoms with Crippen molar-refractivity contribution in [1.29, 1.82) is 5.26 Å². The van der Waals surface area contributed by atoms with Gasteiger partial charge in [0.05, 0.1) is 35.6 Å². The number of rotatable bonds is 8. The Morgan fingerprint density at radius 3 is 2.38 bits per heavy atom. The van der Waals surface area contributed by atoms with Crippen LogP contribution in [0.2, 0.25) is 0 Å². The molecule has 0 heterocycles. The van der Waals surface area contributed by atoms with E-state index in [4.69, 9.17) is 10.00 Å². The minimum Gasteiger partial charge on any atom is -0.497 e. The molecule has 0 spiro atoms. The second kappa shape index (κ2) is 9.59. The van der Waals surface area contributed by atoms with E-state index in [0.717, 1.165) is 6.07 Å². The van der Waals surface area contributed by atoms with Crippen molar-refractivity contribution in [3.63, 3.8) is 0 Å². The zero-order valence-corrected chi connectivity index (χ0v) is 17.5. The normalized spacial score (nSPS) is 11.0. The van der Waals surface area contributed by atoms with E-state index in [9.17, 15) is 18.5 Å². The van der Waals surface area contributed by atoms with Crippen LogP contribution in [0.1, 0.15) is 11.1 Å². The van der Waals surface area contributed by atoms with E-state index in [1.807, 2.05) is 6.07 Å². The van der Waals surface area contributed by atoms with E-state index in [1.54, 1.807) is 36.4 Å². The van der Waals surface area contributed by atoms with E-state index in [1.165, 1.54) is 37.6 Å². The Morgan fingerprint density at radius 2 is 1.78 bits per heavy atom. The molecule has 11 heteroatoms. The van der Waals surface area contributed by atoms with Gasteiger partial charge in [0, 0.05) is 17.8 Å². The van der Waals surface area contributed by atoms with E-state index >= 15 is 0 Å². The van der Waals surface area contributed by atoms with Gasteiger partial charge in [0.2, 0.25) is 0 Å². The number of hydrogen-bond acceptors (Lipinski definition) is 8. The monoisotopic (exact) mass is 451 g/mol. The fourth-order valence-corrected chi connectivity index (χ4v) is 3.86. The van der Waals surface area contributed by atoms with Crippen LogP contribution in [0.4, 0.5) is 17.1 Å². The van der Waals surface area contributed by atoms with Gasteiger partial charge in [0.1, 0.15) is 10.6 Å². The molecule has 2 N–H and O–H groups in total. The molecule has 0 aromatic heterocycles. The first-order valence-electron chi connectivity index (χ1n) is 9.07. The average molecular weight is 451 g/mol. The van der Waals surface area contributed by atoms with E-state index < -0.39 is 14.9 Å². The summed E-state index contributed by atoms with van der Waals surface area (Å²) in [5.74, 6) is 0.544. The van der Waals surface area contributed by atoms with Crippen LogP contribution in [0, 0.1) is 21.4 Å². The van der Waals surface area contributed by atoms with Crippen LogP contribution in [0.25, 0.3) is 0 Å². The van der Waals surface area contributed by atoms with Crippen molar-refractivity contribution in [2.45, 2.75) is 4.90 Å². The highest BCUT2D eigenvalue weighted by atomic mass is 32.2. The molecule has 3 rings (SSSR count). The molecule has 0 saturated heterocycles. The molecule has 0 fully saturated rings. The highest BCUT2D eigenvalue weighted by molar-refractivity contribution is 7.92. The quantitative estimate of drug-likeness (QED) is 0.301. The summed E-state index contributed by atoms with van der Waals surface area (Å²) in [6.45, 7) is 0. The van der Waals surface area contributed by atoms with Gasteiger partial charge in [-0.3, -0.25) is 20.3 Å². The van der Waals surface area contributed by atoms with Gasteiger partial charge in [-0.05, 0) is 48.0 Å². The fraction of sp³-hybridized carbons (Fsp3) is 0.0476. The highest BCUT2D eigenvalue weighted by Gasteiger charge is 2.22. The third-order valence-electron chi connectivity index (χ3n) is 4.25. The van der Waals surface area contributed by atoms with Crippen LogP contribution in [0.5, 0.6) is 5.75 Å². The maximum atomic E-state index is 13.0. The molecular weight excluding hydrogens is 434 g/mol. The summed E-state index contributed by atoms with van der Waals surface area (Å²) in [6, 6.07) is 18.1. The van der Waals surface area contributed by atoms with Crippen molar-refractivity contribution in [2.75, 3.05) is 17.3 Å². The number of sulfonamides is 1. The van der Waals surface area contributed by atoms with Crippen molar-refractivity contribution in [1.82, 2.24) is 0 Å². The summed E-state index contributed by atoms with van der Waals surface area (Å²) < 4.78 is 33.4. The van der Waals surface area contributed by atoms with E-state index in [0.29, 0.717) is 16.9 Å². The molecule has 3 aromatic rings. The summed E-state index contributed by atoms with van der Waals surface area (Å²) in [6.07, 6.45) is 1.43. The Hall–Kier alpha value is -4.43. The Labute approximate surface area is 184 Å². The van der Waals surface area contributed by atoms with Gasteiger partial charge in [0.15, 0.2) is 0 Å². The van der Waals surface area contributed by atoms with Crippen molar-refractivity contribution in [3.8, 4) is 11.8 Å². The van der Waals surface area contributed by atoms with Crippen molar-refractivity contribution >= 4 is 33.3 Å². The third-order valence-corrected chi connectivity index (χ3v) is 5.67. The van der Waals surface area contributed by atoms with Gasteiger partial charge in [0.25, 0.3) is 15.7 Å². The van der Waals surface area contributed by atoms with Crippen molar-refractivity contribution < 1.29 is 18.1 Å². The lowest BCUT2D eigenvalue weighted by Gasteiger charge is -2.12. The molecule has 10 nitrogen and oxygen atoms in total. The second-order valence-corrected chi connectivity index (χ2v) is 8.03. The maximum Gasteiger partial charge on any atom is 0.270 e. The zero-order valence-electron chi connectivity index (χ0n) is 16.7. The summed E-state index contributed by atoms with van der Waals surface area (Å²) in [7, 11) is -2.71. The number of hydrogen-bond donors (Lipinski definition) is 2. The van der Waals surface area contributed by atoms with Crippen LogP contribution in [-0.4, -0.2) is 26.7 Å². The molecule has 0 aliphatic carbocycles. The Balaban J connectivity index is 1.89. The first kappa shape index (κ1) is 22.3. The minimum absolute atomic E-state index is 0.0431. The first-order valence-corrected chi connectivity index (χ1v) is 10.6. The molecule has 0 saturated carbocycles. The highest BCUT2D eigenvalue weighted by Crippen LogP contribution is 2.28. The van der Waals surface area contributed by atoms with Crippen LogP contribution >= 0.6 is 0 Å². The number of nitro benzene ring substituents is 1. The lowest BCUT2D eigenvalue weighted by molar-refractivity contribution is -0.385.